The fourth-order valence-corrected chi connectivity index (χ4v) is 5.33. The van der Waals surface area contributed by atoms with Gasteiger partial charge >= 0.3 is 0 Å². The molecule has 0 aliphatic heterocycles. The van der Waals surface area contributed by atoms with E-state index in [4.69, 9.17) is 11.6 Å². The van der Waals surface area contributed by atoms with E-state index in [0.717, 1.165) is 6.42 Å². The van der Waals surface area contributed by atoms with E-state index < -0.39 is 9.84 Å². The summed E-state index contributed by atoms with van der Waals surface area (Å²) < 4.78 is 25.4. The standard InChI is InChI=1S/C14H20ClNO2S/c1-14(2)9-8-12(13(14)16-3)19(17,18)11-6-4-10(15)5-7-11/h4-7,12-13,16H,8-9H2,1-3H3. The lowest BCUT2D eigenvalue weighted by Gasteiger charge is -2.30. The molecule has 5 heteroatoms. The van der Waals surface area contributed by atoms with Crippen molar-refractivity contribution in [2.75, 3.05) is 7.05 Å². The van der Waals surface area contributed by atoms with E-state index in [1.807, 2.05) is 7.05 Å². The van der Waals surface area contributed by atoms with Crippen molar-refractivity contribution in [3.63, 3.8) is 0 Å². The Morgan fingerprint density at radius 3 is 2.37 bits per heavy atom. The fourth-order valence-electron chi connectivity index (χ4n) is 3.05. The summed E-state index contributed by atoms with van der Waals surface area (Å²) in [7, 11) is -1.47. The maximum Gasteiger partial charge on any atom is 0.182 e. The highest BCUT2D eigenvalue weighted by atomic mass is 35.5. The van der Waals surface area contributed by atoms with Gasteiger partial charge in [-0.05, 0) is 49.6 Å². The third-order valence-electron chi connectivity index (χ3n) is 4.14. The van der Waals surface area contributed by atoms with E-state index in [-0.39, 0.29) is 16.7 Å². The molecule has 1 N–H and O–H groups in total. The van der Waals surface area contributed by atoms with E-state index >= 15 is 0 Å². The molecular weight excluding hydrogens is 282 g/mol. The topological polar surface area (TPSA) is 46.2 Å². The van der Waals surface area contributed by atoms with Gasteiger partial charge in [-0.3, -0.25) is 0 Å². The second-order valence-electron chi connectivity index (χ2n) is 5.83. The molecule has 0 amide bonds. The van der Waals surface area contributed by atoms with Crippen LogP contribution in [-0.4, -0.2) is 26.8 Å². The molecule has 0 radical (unpaired) electrons. The SMILES string of the molecule is CNC1C(S(=O)(=O)c2ccc(Cl)cc2)CCC1(C)C. The summed E-state index contributed by atoms with van der Waals surface area (Å²) in [6.45, 7) is 4.23. The predicted octanol–water partition coefficient (Wildman–Crippen LogP) is 2.89. The van der Waals surface area contributed by atoms with Gasteiger partial charge in [0.2, 0.25) is 0 Å². The molecule has 1 saturated carbocycles. The zero-order valence-electron chi connectivity index (χ0n) is 11.5. The lowest BCUT2D eigenvalue weighted by molar-refractivity contribution is 0.297. The third kappa shape index (κ3) is 2.67. The number of rotatable bonds is 3. The summed E-state index contributed by atoms with van der Waals surface area (Å²) in [5.74, 6) is 0. The molecule has 2 unspecified atom stereocenters. The summed E-state index contributed by atoms with van der Waals surface area (Å²) >= 11 is 5.82. The van der Waals surface area contributed by atoms with Gasteiger partial charge in [-0.1, -0.05) is 25.4 Å². The van der Waals surface area contributed by atoms with E-state index in [9.17, 15) is 8.42 Å². The summed E-state index contributed by atoms with van der Waals surface area (Å²) in [5.41, 5.74) is -0.00108. The smallest absolute Gasteiger partial charge is 0.182 e. The van der Waals surface area contributed by atoms with Crippen molar-refractivity contribution in [2.45, 2.75) is 42.9 Å². The first-order valence-corrected chi connectivity index (χ1v) is 8.38. The van der Waals surface area contributed by atoms with Crippen molar-refractivity contribution in [1.82, 2.24) is 5.32 Å². The Balaban J connectivity index is 2.38. The van der Waals surface area contributed by atoms with Gasteiger partial charge in [0, 0.05) is 11.1 Å². The van der Waals surface area contributed by atoms with Gasteiger partial charge in [0.15, 0.2) is 9.84 Å². The minimum absolute atomic E-state index is 0.00108. The number of hydrogen-bond acceptors (Lipinski definition) is 3. The Kier molecular flexibility index (Phi) is 3.96. The number of sulfone groups is 1. The summed E-state index contributed by atoms with van der Waals surface area (Å²) in [6.07, 6.45) is 1.61. The van der Waals surface area contributed by atoms with Crippen LogP contribution in [0.4, 0.5) is 0 Å². The Labute approximate surface area is 120 Å². The summed E-state index contributed by atoms with van der Waals surface area (Å²) in [4.78, 5) is 0.361. The van der Waals surface area contributed by atoms with Crippen LogP contribution < -0.4 is 5.32 Å². The van der Waals surface area contributed by atoms with Gasteiger partial charge in [-0.15, -0.1) is 0 Å². The number of hydrogen-bond donors (Lipinski definition) is 1. The van der Waals surface area contributed by atoms with Gasteiger partial charge in [0.25, 0.3) is 0 Å². The van der Waals surface area contributed by atoms with Crippen LogP contribution in [0.25, 0.3) is 0 Å². The van der Waals surface area contributed by atoms with Crippen molar-refractivity contribution in [2.24, 2.45) is 5.41 Å². The van der Waals surface area contributed by atoms with Gasteiger partial charge < -0.3 is 5.32 Å². The largest absolute Gasteiger partial charge is 0.315 e. The average molecular weight is 302 g/mol. The Morgan fingerprint density at radius 1 is 1.26 bits per heavy atom. The normalized spacial score (nSPS) is 26.5. The molecule has 106 valence electrons. The first-order chi connectivity index (χ1) is 8.79. The summed E-state index contributed by atoms with van der Waals surface area (Å²) in [5, 5.41) is 3.37. The number of nitrogens with one attached hydrogen (secondary N) is 1. The molecule has 1 aromatic carbocycles. The zero-order valence-corrected chi connectivity index (χ0v) is 13.1. The van der Waals surface area contributed by atoms with Gasteiger partial charge in [0.05, 0.1) is 10.1 Å². The average Bonchev–Trinajstić information content (AvgIpc) is 2.65. The molecule has 1 aromatic rings. The Hall–Kier alpha value is -0.580. The minimum atomic E-state index is -3.31. The minimum Gasteiger partial charge on any atom is -0.315 e. The zero-order chi connectivity index (χ0) is 14.3. The second kappa shape index (κ2) is 5.08. The van der Waals surface area contributed by atoms with E-state index in [0.29, 0.717) is 16.3 Å². The molecule has 3 nitrogen and oxygen atoms in total. The predicted molar refractivity (Wildman–Crippen MR) is 78.3 cm³/mol. The van der Waals surface area contributed by atoms with Crippen LogP contribution in [0, 0.1) is 5.41 Å². The van der Waals surface area contributed by atoms with Gasteiger partial charge in [-0.25, -0.2) is 8.42 Å². The van der Waals surface area contributed by atoms with Crippen molar-refractivity contribution >= 4 is 21.4 Å². The van der Waals surface area contributed by atoms with Crippen LogP contribution in [0.5, 0.6) is 0 Å². The quantitative estimate of drug-likeness (QED) is 0.934. The highest BCUT2D eigenvalue weighted by Crippen LogP contribution is 2.42. The molecule has 0 heterocycles. The molecule has 1 aliphatic rings. The van der Waals surface area contributed by atoms with E-state index in [1.165, 1.54) is 0 Å². The molecule has 2 atom stereocenters. The van der Waals surface area contributed by atoms with Crippen molar-refractivity contribution in [3.8, 4) is 0 Å². The first kappa shape index (κ1) is 14.8. The Bertz CT molecular complexity index is 551. The molecular formula is C14H20ClNO2S. The molecule has 1 fully saturated rings. The molecule has 19 heavy (non-hydrogen) atoms. The van der Waals surface area contributed by atoms with Gasteiger partial charge in [0.1, 0.15) is 0 Å². The molecule has 0 bridgehead atoms. The van der Waals surface area contributed by atoms with Crippen LogP contribution in [-0.2, 0) is 9.84 Å². The molecule has 2 rings (SSSR count). The van der Waals surface area contributed by atoms with E-state index in [2.05, 4.69) is 19.2 Å². The molecule has 1 aliphatic carbocycles. The highest BCUT2D eigenvalue weighted by molar-refractivity contribution is 7.92. The van der Waals surface area contributed by atoms with Crippen LogP contribution in [0.2, 0.25) is 5.02 Å². The first-order valence-electron chi connectivity index (χ1n) is 6.46. The highest BCUT2D eigenvalue weighted by Gasteiger charge is 2.47. The lowest BCUT2D eigenvalue weighted by atomic mass is 9.87. The third-order valence-corrected chi connectivity index (χ3v) is 6.62. The second-order valence-corrected chi connectivity index (χ2v) is 8.43. The number of halogens is 1. The van der Waals surface area contributed by atoms with E-state index in [1.54, 1.807) is 24.3 Å². The van der Waals surface area contributed by atoms with Gasteiger partial charge in [-0.2, -0.15) is 0 Å². The molecule has 0 saturated heterocycles. The van der Waals surface area contributed by atoms with Crippen LogP contribution in [0.3, 0.4) is 0 Å². The van der Waals surface area contributed by atoms with Crippen LogP contribution in [0.15, 0.2) is 29.2 Å². The maximum atomic E-state index is 12.7. The van der Waals surface area contributed by atoms with Crippen molar-refractivity contribution in [1.29, 1.82) is 0 Å². The van der Waals surface area contributed by atoms with Crippen LogP contribution >= 0.6 is 11.6 Å². The Morgan fingerprint density at radius 2 is 1.84 bits per heavy atom. The van der Waals surface area contributed by atoms with Crippen molar-refractivity contribution in [3.05, 3.63) is 29.3 Å². The lowest BCUT2D eigenvalue weighted by Crippen LogP contribution is -2.45. The molecule has 0 spiro atoms. The summed E-state index contributed by atoms with van der Waals surface area (Å²) in [6, 6.07) is 6.42. The molecule has 0 aromatic heterocycles. The maximum absolute atomic E-state index is 12.7. The monoisotopic (exact) mass is 301 g/mol. The fraction of sp³-hybridized carbons (Fsp3) is 0.571. The van der Waals surface area contributed by atoms with Crippen LogP contribution in [0.1, 0.15) is 26.7 Å². The number of benzene rings is 1. The van der Waals surface area contributed by atoms with Crippen molar-refractivity contribution < 1.29 is 8.42 Å².